The summed E-state index contributed by atoms with van der Waals surface area (Å²) in [5.41, 5.74) is 0.828. The minimum absolute atomic E-state index is 0.0409. The van der Waals surface area contributed by atoms with Crippen LogP contribution in [0.2, 0.25) is 0 Å². The van der Waals surface area contributed by atoms with Crippen LogP contribution in [-0.4, -0.2) is 49.3 Å². The average molecular weight is 286 g/mol. The lowest BCUT2D eigenvalue weighted by molar-refractivity contribution is -0.181. The van der Waals surface area contributed by atoms with Crippen molar-refractivity contribution in [3.05, 3.63) is 35.4 Å². The molecule has 0 aromatic heterocycles. The molecule has 110 valence electrons. The maximum absolute atomic E-state index is 12.4. The molecule has 1 aromatic rings. The van der Waals surface area contributed by atoms with Crippen molar-refractivity contribution >= 4 is 5.91 Å². The number of methoxy groups -OCH3 is 1. The topological polar surface area (TPSA) is 62.6 Å². The van der Waals surface area contributed by atoms with Crippen molar-refractivity contribution in [1.29, 1.82) is 5.26 Å². The molecule has 1 spiro atoms. The van der Waals surface area contributed by atoms with Crippen LogP contribution in [0, 0.1) is 11.3 Å². The number of nitriles is 1. The van der Waals surface area contributed by atoms with E-state index in [2.05, 4.69) is 6.07 Å². The summed E-state index contributed by atoms with van der Waals surface area (Å²) in [5.74, 6) is -0.0409. The van der Waals surface area contributed by atoms with Crippen molar-refractivity contribution in [2.24, 2.45) is 0 Å². The summed E-state index contributed by atoms with van der Waals surface area (Å²) in [4.78, 5) is 14.2. The fraction of sp³-hybridized carbons (Fsp3) is 0.500. The molecule has 1 amide bonds. The summed E-state index contributed by atoms with van der Waals surface area (Å²) in [5, 5.41) is 8.90. The molecule has 5 heteroatoms. The van der Waals surface area contributed by atoms with Gasteiger partial charge < -0.3 is 14.4 Å². The largest absolute Gasteiger partial charge is 0.381 e. The van der Waals surface area contributed by atoms with Crippen molar-refractivity contribution in [2.75, 3.05) is 26.8 Å². The molecule has 0 radical (unpaired) electrons. The molecule has 2 aliphatic rings. The zero-order valence-electron chi connectivity index (χ0n) is 12.0. The Morgan fingerprint density at radius 3 is 3.05 bits per heavy atom. The van der Waals surface area contributed by atoms with Gasteiger partial charge >= 0.3 is 0 Å². The van der Waals surface area contributed by atoms with Gasteiger partial charge in [0.05, 0.1) is 30.8 Å². The summed E-state index contributed by atoms with van der Waals surface area (Å²) < 4.78 is 11.3. The van der Waals surface area contributed by atoms with Crippen molar-refractivity contribution in [3.8, 4) is 6.07 Å². The molecule has 0 bridgehead atoms. The molecule has 1 atom stereocenters. The molecular weight excluding hydrogens is 268 g/mol. The van der Waals surface area contributed by atoms with Gasteiger partial charge in [0.25, 0.3) is 5.91 Å². The molecule has 0 N–H and O–H groups in total. The van der Waals surface area contributed by atoms with Gasteiger partial charge in [-0.25, -0.2) is 0 Å². The normalized spacial score (nSPS) is 23.4. The first-order valence-electron chi connectivity index (χ1n) is 7.12. The molecule has 2 saturated heterocycles. The molecule has 2 heterocycles. The second kappa shape index (κ2) is 5.47. The Morgan fingerprint density at radius 1 is 1.52 bits per heavy atom. The number of benzene rings is 1. The molecule has 0 saturated carbocycles. The predicted molar refractivity (Wildman–Crippen MR) is 75.8 cm³/mol. The number of ether oxygens (including phenoxy) is 2. The Hall–Kier alpha value is -1.90. The number of hydrogen-bond acceptors (Lipinski definition) is 4. The fourth-order valence-electron chi connectivity index (χ4n) is 3.10. The lowest BCUT2D eigenvalue weighted by atomic mass is 9.84. The highest BCUT2D eigenvalue weighted by atomic mass is 16.5. The van der Waals surface area contributed by atoms with Crippen LogP contribution in [0.15, 0.2) is 24.3 Å². The molecule has 21 heavy (non-hydrogen) atoms. The van der Waals surface area contributed by atoms with E-state index in [0.717, 1.165) is 12.8 Å². The molecule has 5 nitrogen and oxygen atoms in total. The SMILES string of the molecule is CO[C@@H]1CCOC2(C1)CN(C(=O)c1cccc(C#N)c1)C2. The van der Waals surface area contributed by atoms with E-state index in [-0.39, 0.29) is 17.6 Å². The molecule has 2 aliphatic heterocycles. The van der Waals surface area contributed by atoms with Crippen LogP contribution in [0.3, 0.4) is 0 Å². The molecule has 1 aromatic carbocycles. The second-order valence-electron chi connectivity index (χ2n) is 5.74. The molecule has 0 aliphatic carbocycles. The number of carbonyl (C=O) groups is 1. The van der Waals surface area contributed by atoms with Crippen molar-refractivity contribution in [2.45, 2.75) is 24.5 Å². The fourth-order valence-corrected chi connectivity index (χ4v) is 3.10. The van der Waals surface area contributed by atoms with Crippen LogP contribution in [0.1, 0.15) is 28.8 Å². The van der Waals surface area contributed by atoms with Crippen molar-refractivity contribution in [1.82, 2.24) is 4.90 Å². The minimum Gasteiger partial charge on any atom is -0.381 e. The molecule has 2 fully saturated rings. The first-order chi connectivity index (χ1) is 10.2. The highest BCUT2D eigenvalue weighted by Crippen LogP contribution is 2.35. The first-order valence-corrected chi connectivity index (χ1v) is 7.12. The maximum Gasteiger partial charge on any atom is 0.254 e. The van der Waals surface area contributed by atoms with Crippen LogP contribution >= 0.6 is 0 Å². The number of rotatable bonds is 2. The van der Waals surface area contributed by atoms with Gasteiger partial charge in [0.2, 0.25) is 0 Å². The van der Waals surface area contributed by atoms with Crippen LogP contribution in [0.4, 0.5) is 0 Å². The molecule has 0 unspecified atom stereocenters. The lowest BCUT2D eigenvalue weighted by Gasteiger charge is -2.52. The van der Waals surface area contributed by atoms with E-state index in [9.17, 15) is 4.79 Å². The monoisotopic (exact) mass is 286 g/mol. The third-order valence-electron chi connectivity index (χ3n) is 4.26. The van der Waals surface area contributed by atoms with Gasteiger partial charge in [-0.3, -0.25) is 4.79 Å². The molecule has 3 rings (SSSR count). The van der Waals surface area contributed by atoms with Gasteiger partial charge in [0, 0.05) is 25.7 Å². The van der Waals surface area contributed by atoms with Gasteiger partial charge in [-0.2, -0.15) is 5.26 Å². The Morgan fingerprint density at radius 2 is 2.33 bits per heavy atom. The lowest BCUT2D eigenvalue weighted by Crippen LogP contribution is -2.67. The van der Waals surface area contributed by atoms with Gasteiger partial charge in [-0.05, 0) is 24.6 Å². The van der Waals surface area contributed by atoms with E-state index in [1.807, 2.05) is 0 Å². The summed E-state index contributed by atoms with van der Waals surface area (Å²) in [6, 6.07) is 8.86. The summed E-state index contributed by atoms with van der Waals surface area (Å²) in [7, 11) is 1.72. The number of amides is 1. The van der Waals surface area contributed by atoms with Gasteiger partial charge in [-0.15, -0.1) is 0 Å². The summed E-state index contributed by atoms with van der Waals surface area (Å²) in [6.07, 6.45) is 1.97. The third-order valence-corrected chi connectivity index (χ3v) is 4.26. The number of carbonyl (C=O) groups excluding carboxylic acids is 1. The Balaban J connectivity index is 1.65. The van der Waals surface area contributed by atoms with E-state index < -0.39 is 0 Å². The third kappa shape index (κ3) is 2.65. The van der Waals surface area contributed by atoms with Gasteiger partial charge in [0.1, 0.15) is 5.60 Å². The van der Waals surface area contributed by atoms with Crippen LogP contribution in [0.25, 0.3) is 0 Å². The van der Waals surface area contributed by atoms with E-state index in [1.165, 1.54) is 0 Å². The number of hydrogen-bond donors (Lipinski definition) is 0. The smallest absolute Gasteiger partial charge is 0.254 e. The zero-order chi connectivity index (χ0) is 14.9. The van der Waals surface area contributed by atoms with Gasteiger partial charge in [0.15, 0.2) is 0 Å². The highest BCUT2D eigenvalue weighted by Gasteiger charge is 2.49. The Labute approximate surface area is 124 Å². The van der Waals surface area contributed by atoms with E-state index in [1.54, 1.807) is 36.3 Å². The number of nitrogens with zero attached hydrogens (tertiary/aromatic N) is 2. The minimum atomic E-state index is -0.235. The second-order valence-corrected chi connectivity index (χ2v) is 5.74. The first kappa shape index (κ1) is 14.1. The Kier molecular flexibility index (Phi) is 3.66. The summed E-state index contributed by atoms with van der Waals surface area (Å²) in [6.45, 7) is 1.88. The molecular formula is C16H18N2O3. The quantitative estimate of drug-likeness (QED) is 0.828. The van der Waals surface area contributed by atoms with E-state index in [0.29, 0.717) is 30.8 Å². The van der Waals surface area contributed by atoms with Gasteiger partial charge in [-0.1, -0.05) is 6.07 Å². The zero-order valence-corrected chi connectivity index (χ0v) is 12.0. The number of likely N-dealkylation sites (tertiary alicyclic amines) is 1. The Bertz CT molecular complexity index is 587. The van der Waals surface area contributed by atoms with E-state index in [4.69, 9.17) is 14.7 Å². The standard InChI is InChI=1S/C16H18N2O3/c1-20-14-5-6-21-16(8-14)10-18(11-16)15(19)13-4-2-3-12(7-13)9-17/h2-4,7,14H,5-6,8,10-11H2,1H3/t14-/m1/s1. The predicted octanol–water partition coefficient (Wildman–Crippen LogP) is 1.58. The average Bonchev–Trinajstić information content (AvgIpc) is 2.52. The van der Waals surface area contributed by atoms with Crippen LogP contribution in [-0.2, 0) is 9.47 Å². The van der Waals surface area contributed by atoms with E-state index >= 15 is 0 Å². The maximum atomic E-state index is 12.4. The van der Waals surface area contributed by atoms with Crippen molar-refractivity contribution < 1.29 is 14.3 Å². The van der Waals surface area contributed by atoms with Crippen LogP contribution < -0.4 is 0 Å². The van der Waals surface area contributed by atoms with Crippen LogP contribution in [0.5, 0.6) is 0 Å². The highest BCUT2D eigenvalue weighted by molar-refractivity contribution is 5.95. The summed E-state index contributed by atoms with van der Waals surface area (Å²) >= 11 is 0. The van der Waals surface area contributed by atoms with Crippen molar-refractivity contribution in [3.63, 3.8) is 0 Å².